The zero-order chi connectivity index (χ0) is 10.0. The van der Waals surface area contributed by atoms with Crippen molar-refractivity contribution in [2.75, 3.05) is 7.11 Å². The lowest BCUT2D eigenvalue weighted by Gasteiger charge is -2.08. The minimum Gasteiger partial charge on any atom is -0.492 e. The third-order valence-electron chi connectivity index (χ3n) is 1.70. The van der Waals surface area contributed by atoms with Gasteiger partial charge in [0.25, 0.3) is 0 Å². The standard InChI is InChI=1S/C9H8ClFO2/c1-5-3-6(4-12)8(11)9(13-2)7(5)10/h3-4H,1-2H3. The van der Waals surface area contributed by atoms with E-state index in [2.05, 4.69) is 0 Å². The quantitative estimate of drug-likeness (QED) is 0.689. The number of benzene rings is 1. The topological polar surface area (TPSA) is 26.3 Å². The van der Waals surface area contributed by atoms with E-state index in [4.69, 9.17) is 16.3 Å². The summed E-state index contributed by atoms with van der Waals surface area (Å²) in [7, 11) is 1.30. The van der Waals surface area contributed by atoms with Crippen LogP contribution in [0.2, 0.25) is 5.02 Å². The summed E-state index contributed by atoms with van der Waals surface area (Å²) in [6.07, 6.45) is 0.432. The average molecular weight is 203 g/mol. The van der Waals surface area contributed by atoms with Gasteiger partial charge in [-0.2, -0.15) is 0 Å². The van der Waals surface area contributed by atoms with Crippen LogP contribution in [-0.2, 0) is 0 Å². The second kappa shape index (κ2) is 3.75. The molecule has 0 aliphatic carbocycles. The Bertz CT molecular complexity index is 350. The monoisotopic (exact) mass is 202 g/mol. The molecule has 0 aliphatic rings. The number of ether oxygens (including phenoxy) is 1. The van der Waals surface area contributed by atoms with Crippen molar-refractivity contribution in [2.45, 2.75) is 6.92 Å². The SMILES string of the molecule is COc1c(F)c(C=O)cc(C)c1Cl. The number of aryl methyl sites for hydroxylation is 1. The van der Waals surface area contributed by atoms with E-state index < -0.39 is 5.82 Å². The van der Waals surface area contributed by atoms with Gasteiger partial charge in [0.1, 0.15) is 0 Å². The second-order valence-corrected chi connectivity index (χ2v) is 2.94. The van der Waals surface area contributed by atoms with Crippen molar-refractivity contribution < 1.29 is 13.9 Å². The molecule has 1 aromatic rings. The lowest BCUT2D eigenvalue weighted by molar-refractivity contribution is 0.111. The number of hydrogen-bond donors (Lipinski definition) is 0. The summed E-state index contributed by atoms with van der Waals surface area (Å²) in [5, 5.41) is 0.200. The van der Waals surface area contributed by atoms with Crippen LogP contribution in [0.1, 0.15) is 15.9 Å². The zero-order valence-corrected chi connectivity index (χ0v) is 7.98. The average Bonchev–Trinajstić information content (AvgIpc) is 2.12. The summed E-state index contributed by atoms with van der Waals surface area (Å²) in [6, 6.07) is 1.38. The molecule has 0 amide bonds. The van der Waals surface area contributed by atoms with E-state index >= 15 is 0 Å². The van der Waals surface area contributed by atoms with E-state index in [0.717, 1.165) is 0 Å². The number of halogens is 2. The smallest absolute Gasteiger partial charge is 0.177 e. The van der Waals surface area contributed by atoms with Crippen molar-refractivity contribution in [1.82, 2.24) is 0 Å². The number of methoxy groups -OCH3 is 1. The number of aldehydes is 1. The van der Waals surface area contributed by atoms with Crippen LogP contribution in [0.25, 0.3) is 0 Å². The highest BCUT2D eigenvalue weighted by Crippen LogP contribution is 2.32. The summed E-state index contributed by atoms with van der Waals surface area (Å²) < 4.78 is 18.0. The molecule has 2 nitrogen and oxygen atoms in total. The lowest BCUT2D eigenvalue weighted by atomic mass is 10.1. The van der Waals surface area contributed by atoms with Crippen LogP contribution in [-0.4, -0.2) is 13.4 Å². The number of rotatable bonds is 2. The van der Waals surface area contributed by atoms with Crippen molar-refractivity contribution in [3.05, 3.63) is 28.0 Å². The van der Waals surface area contributed by atoms with Gasteiger partial charge in [-0.25, -0.2) is 4.39 Å². The molecule has 0 saturated carbocycles. The van der Waals surface area contributed by atoms with Gasteiger partial charge in [0.05, 0.1) is 17.7 Å². The largest absolute Gasteiger partial charge is 0.492 e. The summed E-state index contributed by atoms with van der Waals surface area (Å²) in [6.45, 7) is 1.68. The van der Waals surface area contributed by atoms with Crippen LogP contribution in [0.4, 0.5) is 4.39 Å². The first-order valence-electron chi connectivity index (χ1n) is 3.59. The van der Waals surface area contributed by atoms with Gasteiger partial charge in [0.2, 0.25) is 0 Å². The van der Waals surface area contributed by atoms with Crippen LogP contribution in [0.3, 0.4) is 0 Å². The van der Waals surface area contributed by atoms with Crippen molar-refractivity contribution in [3.8, 4) is 5.75 Å². The molecule has 0 fully saturated rings. The molecule has 0 aliphatic heterocycles. The molecule has 0 unspecified atom stereocenters. The number of carbonyl (C=O) groups is 1. The van der Waals surface area contributed by atoms with Crippen LogP contribution < -0.4 is 4.74 Å². The molecule has 0 heterocycles. The Balaban J connectivity index is 3.47. The Morgan fingerprint density at radius 2 is 2.23 bits per heavy atom. The molecule has 0 atom stereocenters. The van der Waals surface area contributed by atoms with Crippen LogP contribution in [0, 0.1) is 12.7 Å². The van der Waals surface area contributed by atoms with Crippen molar-refractivity contribution >= 4 is 17.9 Å². The number of hydrogen-bond acceptors (Lipinski definition) is 2. The predicted octanol–water partition coefficient (Wildman–Crippen LogP) is 2.61. The van der Waals surface area contributed by atoms with E-state index in [1.54, 1.807) is 6.92 Å². The van der Waals surface area contributed by atoms with Gasteiger partial charge >= 0.3 is 0 Å². The Morgan fingerprint density at radius 3 is 2.69 bits per heavy atom. The van der Waals surface area contributed by atoms with E-state index in [1.165, 1.54) is 13.2 Å². The molecular weight excluding hydrogens is 195 g/mol. The molecule has 13 heavy (non-hydrogen) atoms. The molecule has 0 bridgehead atoms. The summed E-state index contributed by atoms with van der Waals surface area (Å²) >= 11 is 5.75. The molecule has 0 spiro atoms. The van der Waals surface area contributed by atoms with Crippen molar-refractivity contribution in [2.24, 2.45) is 0 Å². The second-order valence-electron chi connectivity index (χ2n) is 2.56. The van der Waals surface area contributed by atoms with Gasteiger partial charge in [-0.15, -0.1) is 0 Å². The van der Waals surface area contributed by atoms with E-state index in [9.17, 15) is 9.18 Å². The fraction of sp³-hybridized carbons (Fsp3) is 0.222. The third kappa shape index (κ3) is 1.65. The minimum atomic E-state index is -0.715. The maximum Gasteiger partial charge on any atom is 0.177 e. The molecule has 4 heteroatoms. The Hall–Kier alpha value is -1.09. The van der Waals surface area contributed by atoms with Gasteiger partial charge in [-0.1, -0.05) is 11.6 Å². The first-order chi connectivity index (χ1) is 6.11. The van der Waals surface area contributed by atoms with Crippen LogP contribution in [0.15, 0.2) is 6.07 Å². The molecule has 0 radical (unpaired) electrons. The summed E-state index contributed by atoms with van der Waals surface area (Å²) in [5.41, 5.74) is 0.570. The Labute approximate surface area is 80.3 Å². The maximum absolute atomic E-state index is 13.3. The highest BCUT2D eigenvalue weighted by Gasteiger charge is 2.14. The van der Waals surface area contributed by atoms with Gasteiger partial charge in [-0.05, 0) is 18.6 Å². The van der Waals surface area contributed by atoms with E-state index in [-0.39, 0.29) is 16.3 Å². The van der Waals surface area contributed by atoms with Gasteiger partial charge in [0.15, 0.2) is 17.9 Å². The highest BCUT2D eigenvalue weighted by atomic mass is 35.5. The molecule has 1 aromatic carbocycles. The molecule has 0 saturated heterocycles. The van der Waals surface area contributed by atoms with Crippen molar-refractivity contribution in [3.63, 3.8) is 0 Å². The van der Waals surface area contributed by atoms with Gasteiger partial charge in [0, 0.05) is 0 Å². The Morgan fingerprint density at radius 1 is 1.62 bits per heavy atom. The van der Waals surface area contributed by atoms with Crippen LogP contribution >= 0.6 is 11.6 Å². The van der Waals surface area contributed by atoms with Crippen LogP contribution in [0.5, 0.6) is 5.75 Å². The minimum absolute atomic E-state index is 0.0428. The fourth-order valence-corrected chi connectivity index (χ4v) is 1.25. The maximum atomic E-state index is 13.3. The zero-order valence-electron chi connectivity index (χ0n) is 7.23. The summed E-state index contributed by atoms with van der Waals surface area (Å²) in [5.74, 6) is -0.795. The molecular formula is C9H8ClFO2. The molecule has 70 valence electrons. The molecule has 1 rings (SSSR count). The molecule has 0 N–H and O–H groups in total. The lowest BCUT2D eigenvalue weighted by Crippen LogP contribution is -1.96. The van der Waals surface area contributed by atoms with Gasteiger partial charge < -0.3 is 4.74 Å². The van der Waals surface area contributed by atoms with E-state index in [0.29, 0.717) is 11.8 Å². The Kier molecular flexibility index (Phi) is 2.88. The summed E-state index contributed by atoms with van der Waals surface area (Å²) in [4.78, 5) is 10.4. The normalized spacial score (nSPS) is 9.85. The first-order valence-corrected chi connectivity index (χ1v) is 3.97. The van der Waals surface area contributed by atoms with Crippen molar-refractivity contribution in [1.29, 1.82) is 0 Å². The fourth-order valence-electron chi connectivity index (χ4n) is 1.03. The third-order valence-corrected chi connectivity index (χ3v) is 2.17. The van der Waals surface area contributed by atoms with Gasteiger partial charge in [-0.3, -0.25) is 4.79 Å². The number of carbonyl (C=O) groups excluding carboxylic acids is 1. The predicted molar refractivity (Wildman–Crippen MR) is 48.1 cm³/mol. The highest BCUT2D eigenvalue weighted by molar-refractivity contribution is 6.33. The van der Waals surface area contributed by atoms with E-state index in [1.807, 2.05) is 0 Å². The first kappa shape index (κ1) is 9.99. The molecule has 0 aromatic heterocycles.